The van der Waals surface area contributed by atoms with Crippen LogP contribution >= 0.6 is 0 Å². The van der Waals surface area contributed by atoms with E-state index in [-0.39, 0.29) is 17.2 Å². The van der Waals surface area contributed by atoms with Gasteiger partial charge >= 0.3 is 0 Å². The van der Waals surface area contributed by atoms with Gasteiger partial charge in [0.15, 0.2) is 0 Å². The summed E-state index contributed by atoms with van der Waals surface area (Å²) in [5.74, 6) is -0.268. The lowest BCUT2D eigenvalue weighted by Crippen LogP contribution is -2.26. The summed E-state index contributed by atoms with van der Waals surface area (Å²) in [5, 5.41) is 2.76. The fourth-order valence-corrected chi connectivity index (χ4v) is 1.68. The van der Waals surface area contributed by atoms with Gasteiger partial charge in [0, 0.05) is 12.6 Å². The number of H-pyrrole nitrogens is 1. The van der Waals surface area contributed by atoms with Gasteiger partial charge in [-0.25, -0.2) is 0 Å². The Hall–Kier alpha value is -2.10. The number of aromatic amines is 1. The van der Waals surface area contributed by atoms with Crippen molar-refractivity contribution in [3.05, 3.63) is 57.5 Å². The average molecular weight is 274 g/mol. The number of allylic oxidation sites excluding steroid dienone is 3. The highest BCUT2D eigenvalue weighted by Gasteiger charge is 2.03. The van der Waals surface area contributed by atoms with Crippen molar-refractivity contribution in [1.29, 1.82) is 0 Å². The Labute approximate surface area is 119 Å². The van der Waals surface area contributed by atoms with Crippen LogP contribution in [0.25, 0.3) is 0 Å². The third-order valence-electron chi connectivity index (χ3n) is 2.82. The van der Waals surface area contributed by atoms with Crippen LogP contribution in [0.15, 0.2) is 46.3 Å². The zero-order chi connectivity index (χ0) is 15.0. The van der Waals surface area contributed by atoms with Gasteiger partial charge in [0.2, 0.25) is 5.56 Å². The number of amides is 1. The molecule has 2 N–H and O–H groups in total. The van der Waals surface area contributed by atoms with Gasteiger partial charge in [-0.05, 0) is 39.7 Å². The van der Waals surface area contributed by atoms with Crippen LogP contribution < -0.4 is 10.9 Å². The third kappa shape index (κ3) is 6.18. The van der Waals surface area contributed by atoms with Crippen molar-refractivity contribution >= 4 is 5.91 Å². The fraction of sp³-hybridized carbons (Fsp3) is 0.375. The first-order valence-corrected chi connectivity index (χ1v) is 6.75. The number of hydrogen-bond acceptors (Lipinski definition) is 2. The minimum Gasteiger partial charge on any atom is -0.347 e. The van der Waals surface area contributed by atoms with E-state index in [1.54, 1.807) is 12.1 Å². The van der Waals surface area contributed by atoms with Crippen LogP contribution in [0.5, 0.6) is 0 Å². The Morgan fingerprint density at radius 1 is 1.25 bits per heavy atom. The summed E-state index contributed by atoms with van der Waals surface area (Å²) >= 11 is 0. The lowest BCUT2D eigenvalue weighted by atomic mass is 10.1. The molecule has 20 heavy (non-hydrogen) atoms. The molecular weight excluding hydrogens is 252 g/mol. The summed E-state index contributed by atoms with van der Waals surface area (Å²) in [5.41, 5.74) is 2.57. The van der Waals surface area contributed by atoms with Gasteiger partial charge in [-0.15, -0.1) is 0 Å². The maximum Gasteiger partial charge on any atom is 0.268 e. The molecule has 0 bridgehead atoms. The summed E-state index contributed by atoms with van der Waals surface area (Å²) in [7, 11) is 0. The Kier molecular flexibility index (Phi) is 6.50. The Morgan fingerprint density at radius 3 is 2.65 bits per heavy atom. The van der Waals surface area contributed by atoms with Gasteiger partial charge in [0.1, 0.15) is 5.69 Å². The predicted molar refractivity (Wildman–Crippen MR) is 81.8 cm³/mol. The van der Waals surface area contributed by atoms with E-state index in [9.17, 15) is 9.59 Å². The minimum atomic E-state index is -0.272. The number of carbonyl (C=O) groups is 1. The van der Waals surface area contributed by atoms with Gasteiger partial charge in [0.05, 0.1) is 0 Å². The van der Waals surface area contributed by atoms with Gasteiger partial charge in [-0.2, -0.15) is 0 Å². The predicted octanol–water partition coefficient (Wildman–Crippen LogP) is 2.80. The molecule has 0 aliphatic rings. The van der Waals surface area contributed by atoms with Crippen LogP contribution in [0, 0.1) is 0 Å². The molecule has 0 fully saturated rings. The zero-order valence-electron chi connectivity index (χ0n) is 12.3. The standard InChI is InChI=1S/C16H22N2O2/c1-12(2)6-4-7-13(3)10-11-17-16(20)14-8-5-9-15(19)18-14/h5-6,8-10H,4,7,11H2,1-3H3,(H,17,20)(H,18,19)/b13-10+. The highest BCUT2D eigenvalue weighted by Crippen LogP contribution is 2.05. The van der Waals surface area contributed by atoms with Gasteiger partial charge in [-0.1, -0.05) is 29.4 Å². The van der Waals surface area contributed by atoms with Crippen LogP contribution in [0.3, 0.4) is 0 Å². The molecule has 1 rings (SSSR count). The van der Waals surface area contributed by atoms with Crippen LogP contribution in [0.2, 0.25) is 0 Å². The summed E-state index contributed by atoms with van der Waals surface area (Å²) < 4.78 is 0. The first kappa shape index (κ1) is 16.0. The Morgan fingerprint density at radius 2 is 2.00 bits per heavy atom. The second-order valence-corrected chi connectivity index (χ2v) is 5.01. The van der Waals surface area contributed by atoms with E-state index >= 15 is 0 Å². The van der Waals surface area contributed by atoms with E-state index in [1.165, 1.54) is 17.2 Å². The molecule has 108 valence electrons. The highest BCUT2D eigenvalue weighted by atomic mass is 16.2. The lowest BCUT2D eigenvalue weighted by molar-refractivity contribution is 0.0952. The van der Waals surface area contributed by atoms with Crippen LogP contribution in [0.4, 0.5) is 0 Å². The quantitative estimate of drug-likeness (QED) is 0.784. The molecule has 1 aromatic rings. The lowest BCUT2D eigenvalue weighted by Gasteiger charge is -2.03. The van der Waals surface area contributed by atoms with Crippen molar-refractivity contribution in [3.63, 3.8) is 0 Å². The Bertz CT molecular complexity index is 564. The number of hydrogen-bond donors (Lipinski definition) is 2. The molecule has 4 nitrogen and oxygen atoms in total. The molecule has 0 saturated heterocycles. The number of carbonyl (C=O) groups excluding carboxylic acids is 1. The number of pyridine rings is 1. The Balaban J connectivity index is 2.41. The molecular formula is C16H22N2O2. The molecule has 0 atom stereocenters. The molecule has 1 amide bonds. The van der Waals surface area contributed by atoms with Crippen LogP contribution in [0.1, 0.15) is 44.1 Å². The number of rotatable bonds is 6. The number of aromatic nitrogens is 1. The zero-order valence-corrected chi connectivity index (χ0v) is 12.3. The van der Waals surface area contributed by atoms with E-state index < -0.39 is 0 Å². The van der Waals surface area contributed by atoms with E-state index in [1.807, 2.05) is 6.08 Å². The van der Waals surface area contributed by atoms with Gasteiger partial charge < -0.3 is 10.3 Å². The van der Waals surface area contributed by atoms with Crippen molar-refractivity contribution in [2.75, 3.05) is 6.54 Å². The SMILES string of the molecule is CC(C)=CCC/C(C)=C/CNC(=O)c1cccc(=O)[nH]1. The topological polar surface area (TPSA) is 62.0 Å². The average Bonchev–Trinajstić information content (AvgIpc) is 2.38. The molecule has 0 aliphatic carbocycles. The summed E-state index contributed by atoms with van der Waals surface area (Å²) in [6.07, 6.45) is 6.20. The molecule has 0 radical (unpaired) electrons. The van der Waals surface area contributed by atoms with E-state index in [2.05, 4.69) is 37.1 Å². The summed E-state index contributed by atoms with van der Waals surface area (Å²) in [6.45, 7) is 6.69. The van der Waals surface area contributed by atoms with Gasteiger partial charge in [0.25, 0.3) is 5.91 Å². The molecule has 1 heterocycles. The largest absolute Gasteiger partial charge is 0.347 e. The van der Waals surface area contributed by atoms with Crippen molar-refractivity contribution in [1.82, 2.24) is 10.3 Å². The highest BCUT2D eigenvalue weighted by molar-refractivity contribution is 5.92. The maximum atomic E-state index is 11.8. The van der Waals surface area contributed by atoms with E-state index in [4.69, 9.17) is 0 Å². The van der Waals surface area contributed by atoms with Crippen molar-refractivity contribution < 1.29 is 4.79 Å². The maximum absolute atomic E-state index is 11.8. The molecule has 0 aromatic carbocycles. The smallest absolute Gasteiger partial charge is 0.268 e. The van der Waals surface area contributed by atoms with Gasteiger partial charge in [-0.3, -0.25) is 9.59 Å². The number of nitrogens with one attached hydrogen (secondary N) is 2. The fourth-order valence-electron chi connectivity index (χ4n) is 1.68. The second-order valence-electron chi connectivity index (χ2n) is 5.01. The molecule has 0 saturated carbocycles. The van der Waals surface area contributed by atoms with Crippen LogP contribution in [-0.2, 0) is 0 Å². The minimum absolute atomic E-state index is 0.268. The molecule has 0 spiro atoms. The monoisotopic (exact) mass is 274 g/mol. The summed E-state index contributed by atoms with van der Waals surface area (Å²) in [6, 6.07) is 4.53. The third-order valence-corrected chi connectivity index (χ3v) is 2.82. The molecule has 0 aliphatic heterocycles. The first-order valence-electron chi connectivity index (χ1n) is 6.75. The van der Waals surface area contributed by atoms with Crippen LogP contribution in [-0.4, -0.2) is 17.4 Å². The normalized spacial score (nSPS) is 11.1. The first-order chi connectivity index (χ1) is 9.49. The molecule has 4 heteroatoms. The van der Waals surface area contributed by atoms with Crippen molar-refractivity contribution in [3.8, 4) is 0 Å². The van der Waals surface area contributed by atoms with E-state index in [0.717, 1.165) is 12.8 Å². The van der Waals surface area contributed by atoms with E-state index in [0.29, 0.717) is 6.54 Å². The van der Waals surface area contributed by atoms with Crippen molar-refractivity contribution in [2.45, 2.75) is 33.6 Å². The molecule has 0 unspecified atom stereocenters. The van der Waals surface area contributed by atoms with Crippen molar-refractivity contribution in [2.24, 2.45) is 0 Å². The summed E-state index contributed by atoms with van der Waals surface area (Å²) in [4.78, 5) is 25.4. The molecule has 1 aromatic heterocycles. The second kappa shape index (κ2) is 8.15.